The van der Waals surface area contributed by atoms with E-state index in [2.05, 4.69) is 5.32 Å². The number of carbonyl (C=O) groups is 1. The second kappa shape index (κ2) is 6.16. The minimum atomic E-state index is -0.733. The molecule has 0 aliphatic carbocycles. The molecule has 19 heavy (non-hydrogen) atoms. The maximum atomic E-state index is 12.0. The molecule has 0 aromatic heterocycles. The molecule has 0 aliphatic heterocycles. The molecule has 1 amide bonds. The number of nitriles is 1. The highest BCUT2D eigenvalue weighted by molar-refractivity contribution is 6.34. The van der Waals surface area contributed by atoms with E-state index in [1.54, 1.807) is 13.8 Å². The number of nitrogens with one attached hydrogen (secondary N) is 1. The van der Waals surface area contributed by atoms with Gasteiger partial charge in [0.15, 0.2) is 0 Å². The molecule has 1 N–H and O–H groups in total. The van der Waals surface area contributed by atoms with E-state index in [4.69, 9.17) is 16.9 Å². The van der Waals surface area contributed by atoms with Crippen LogP contribution in [0.15, 0.2) is 18.2 Å². The SMILES string of the molecule is CC(C)C(C#N)NC(=O)c1c(Cl)cccc1[N+](=O)[O-]. The number of hydrogen-bond acceptors (Lipinski definition) is 4. The van der Waals surface area contributed by atoms with Crippen LogP contribution in [0.4, 0.5) is 5.69 Å². The fourth-order valence-electron chi connectivity index (χ4n) is 1.45. The molecular weight excluding hydrogens is 270 g/mol. The summed E-state index contributed by atoms with van der Waals surface area (Å²) in [6, 6.07) is 5.16. The Labute approximate surface area is 115 Å². The lowest BCUT2D eigenvalue weighted by Gasteiger charge is -2.15. The van der Waals surface area contributed by atoms with Gasteiger partial charge in [-0.05, 0) is 12.0 Å². The van der Waals surface area contributed by atoms with Gasteiger partial charge in [0.1, 0.15) is 11.6 Å². The number of nitro benzene ring substituents is 1. The van der Waals surface area contributed by atoms with Crippen LogP contribution in [-0.2, 0) is 0 Å². The van der Waals surface area contributed by atoms with Gasteiger partial charge < -0.3 is 5.32 Å². The topological polar surface area (TPSA) is 96.0 Å². The Hall–Kier alpha value is -2.13. The number of carbonyl (C=O) groups excluding carboxylic acids is 1. The number of rotatable bonds is 4. The molecule has 7 heteroatoms. The van der Waals surface area contributed by atoms with Crippen LogP contribution in [-0.4, -0.2) is 16.9 Å². The van der Waals surface area contributed by atoms with E-state index >= 15 is 0 Å². The van der Waals surface area contributed by atoms with Gasteiger partial charge in [0.05, 0.1) is 16.0 Å². The molecule has 0 spiro atoms. The third kappa shape index (κ3) is 3.42. The first-order valence-corrected chi connectivity index (χ1v) is 5.89. The highest BCUT2D eigenvalue weighted by Gasteiger charge is 2.25. The molecule has 6 nitrogen and oxygen atoms in total. The molecule has 1 unspecified atom stereocenters. The van der Waals surface area contributed by atoms with Crippen molar-refractivity contribution in [2.75, 3.05) is 0 Å². The predicted molar refractivity (Wildman–Crippen MR) is 69.8 cm³/mol. The van der Waals surface area contributed by atoms with Crippen molar-refractivity contribution in [3.63, 3.8) is 0 Å². The minimum Gasteiger partial charge on any atom is -0.336 e. The van der Waals surface area contributed by atoms with E-state index in [0.717, 1.165) is 0 Å². The lowest BCUT2D eigenvalue weighted by molar-refractivity contribution is -0.385. The minimum absolute atomic E-state index is 0.0212. The fourth-order valence-corrected chi connectivity index (χ4v) is 1.71. The maximum absolute atomic E-state index is 12.0. The second-order valence-electron chi connectivity index (χ2n) is 4.22. The third-order valence-electron chi connectivity index (χ3n) is 2.51. The van der Waals surface area contributed by atoms with Gasteiger partial charge in [-0.2, -0.15) is 5.26 Å². The van der Waals surface area contributed by atoms with Crippen LogP contribution in [0.5, 0.6) is 0 Å². The highest BCUT2D eigenvalue weighted by atomic mass is 35.5. The molecule has 0 bridgehead atoms. The first-order valence-electron chi connectivity index (χ1n) is 5.51. The number of nitro groups is 1. The molecule has 0 saturated carbocycles. The zero-order valence-corrected chi connectivity index (χ0v) is 11.1. The second-order valence-corrected chi connectivity index (χ2v) is 4.62. The number of halogens is 1. The summed E-state index contributed by atoms with van der Waals surface area (Å²) < 4.78 is 0. The first kappa shape index (κ1) is 14.9. The van der Waals surface area contributed by atoms with E-state index in [9.17, 15) is 14.9 Å². The molecular formula is C12H12ClN3O3. The molecule has 1 atom stereocenters. The van der Waals surface area contributed by atoms with Gasteiger partial charge in [0.25, 0.3) is 11.6 Å². The van der Waals surface area contributed by atoms with Crippen molar-refractivity contribution < 1.29 is 9.72 Å². The monoisotopic (exact) mass is 281 g/mol. The number of amides is 1. The fraction of sp³-hybridized carbons (Fsp3) is 0.333. The van der Waals surface area contributed by atoms with Crippen molar-refractivity contribution in [1.82, 2.24) is 5.32 Å². The Morgan fingerprint density at radius 3 is 2.63 bits per heavy atom. The third-order valence-corrected chi connectivity index (χ3v) is 2.82. The average Bonchev–Trinajstić information content (AvgIpc) is 2.34. The number of nitrogens with zero attached hydrogens (tertiary/aromatic N) is 2. The van der Waals surface area contributed by atoms with Crippen LogP contribution in [0.25, 0.3) is 0 Å². The van der Waals surface area contributed by atoms with Crippen LogP contribution in [0, 0.1) is 27.4 Å². The van der Waals surface area contributed by atoms with Gasteiger partial charge >= 0.3 is 0 Å². The van der Waals surface area contributed by atoms with Crippen molar-refractivity contribution in [2.24, 2.45) is 5.92 Å². The van der Waals surface area contributed by atoms with Gasteiger partial charge in [-0.25, -0.2) is 0 Å². The molecule has 0 fully saturated rings. The Balaban J connectivity index is 3.13. The molecule has 1 rings (SSSR count). The summed E-state index contributed by atoms with van der Waals surface area (Å²) in [5.41, 5.74) is -0.611. The zero-order chi connectivity index (χ0) is 14.6. The quantitative estimate of drug-likeness (QED) is 0.677. The van der Waals surface area contributed by atoms with Crippen molar-refractivity contribution in [1.29, 1.82) is 5.26 Å². The summed E-state index contributed by atoms with van der Waals surface area (Å²) in [4.78, 5) is 22.2. The van der Waals surface area contributed by atoms with Gasteiger partial charge in [-0.15, -0.1) is 0 Å². The van der Waals surface area contributed by atoms with Crippen molar-refractivity contribution >= 4 is 23.2 Å². The van der Waals surface area contributed by atoms with E-state index in [0.29, 0.717) is 0 Å². The number of benzene rings is 1. The molecule has 0 radical (unpaired) electrons. The largest absolute Gasteiger partial charge is 0.336 e. The van der Waals surface area contributed by atoms with E-state index in [1.165, 1.54) is 18.2 Å². The summed E-state index contributed by atoms with van der Waals surface area (Å²) in [6.45, 7) is 3.52. The first-order chi connectivity index (χ1) is 8.88. The molecule has 100 valence electrons. The van der Waals surface area contributed by atoms with Crippen molar-refractivity contribution in [3.8, 4) is 6.07 Å². The predicted octanol–water partition coefficient (Wildman–Crippen LogP) is 2.53. The Morgan fingerprint density at radius 2 is 2.16 bits per heavy atom. The van der Waals surface area contributed by atoms with E-state index in [-0.39, 0.29) is 22.2 Å². The summed E-state index contributed by atoms with van der Waals surface area (Å²) >= 11 is 5.83. The zero-order valence-electron chi connectivity index (χ0n) is 10.4. The Bertz CT molecular complexity index is 552. The molecule has 0 heterocycles. The van der Waals surface area contributed by atoms with Gasteiger partial charge in [0, 0.05) is 6.07 Å². The Morgan fingerprint density at radius 1 is 1.53 bits per heavy atom. The molecule has 0 saturated heterocycles. The molecule has 0 aliphatic rings. The smallest absolute Gasteiger partial charge is 0.283 e. The van der Waals surface area contributed by atoms with E-state index in [1.807, 2.05) is 6.07 Å². The van der Waals surface area contributed by atoms with Crippen molar-refractivity contribution in [3.05, 3.63) is 38.9 Å². The molecule has 1 aromatic carbocycles. The van der Waals surface area contributed by atoms with Crippen LogP contribution in [0.1, 0.15) is 24.2 Å². The van der Waals surface area contributed by atoms with Gasteiger partial charge in [-0.1, -0.05) is 31.5 Å². The lowest BCUT2D eigenvalue weighted by atomic mass is 10.0. The lowest BCUT2D eigenvalue weighted by Crippen LogP contribution is -2.37. The summed E-state index contributed by atoms with van der Waals surface area (Å²) in [6.07, 6.45) is 0. The standard InChI is InChI=1S/C12H12ClN3O3/c1-7(2)9(6-14)15-12(17)11-8(13)4-3-5-10(11)16(18)19/h3-5,7,9H,1-2H3,(H,15,17). The van der Waals surface area contributed by atoms with Gasteiger partial charge in [0.2, 0.25) is 0 Å². The highest BCUT2D eigenvalue weighted by Crippen LogP contribution is 2.26. The van der Waals surface area contributed by atoms with Crippen LogP contribution in [0.3, 0.4) is 0 Å². The summed E-state index contributed by atoms with van der Waals surface area (Å²) in [5.74, 6) is -0.840. The number of hydrogen-bond donors (Lipinski definition) is 1. The van der Waals surface area contributed by atoms with E-state index < -0.39 is 16.9 Å². The van der Waals surface area contributed by atoms with Gasteiger partial charge in [-0.3, -0.25) is 14.9 Å². The molecule has 1 aromatic rings. The Kier molecular flexibility index (Phi) is 4.84. The van der Waals surface area contributed by atoms with Crippen LogP contribution < -0.4 is 5.32 Å². The average molecular weight is 282 g/mol. The van der Waals surface area contributed by atoms with Crippen LogP contribution >= 0.6 is 11.6 Å². The normalized spacial score (nSPS) is 11.7. The van der Waals surface area contributed by atoms with Crippen LogP contribution in [0.2, 0.25) is 5.02 Å². The summed E-state index contributed by atoms with van der Waals surface area (Å²) in [5, 5.41) is 22.2. The summed E-state index contributed by atoms with van der Waals surface area (Å²) in [7, 11) is 0. The maximum Gasteiger partial charge on any atom is 0.283 e. The van der Waals surface area contributed by atoms with Crippen molar-refractivity contribution in [2.45, 2.75) is 19.9 Å².